The van der Waals surface area contributed by atoms with Gasteiger partial charge < -0.3 is 5.73 Å². The molecule has 2 nitrogen and oxygen atoms in total. The van der Waals surface area contributed by atoms with Gasteiger partial charge in [-0.05, 0) is 25.7 Å². The quantitative estimate of drug-likeness (QED) is 0.732. The summed E-state index contributed by atoms with van der Waals surface area (Å²) in [5.74, 6) is 0.985. The van der Waals surface area contributed by atoms with Gasteiger partial charge in [-0.1, -0.05) is 26.2 Å². The summed E-state index contributed by atoms with van der Waals surface area (Å²) >= 11 is 0. The van der Waals surface area contributed by atoms with Crippen molar-refractivity contribution in [3.05, 3.63) is 0 Å². The Morgan fingerprint density at radius 2 is 2.07 bits per heavy atom. The van der Waals surface area contributed by atoms with Crippen LogP contribution < -0.4 is 5.73 Å². The molecule has 0 radical (unpaired) electrons. The van der Waals surface area contributed by atoms with Crippen LogP contribution in [0.1, 0.15) is 46.0 Å². The van der Waals surface area contributed by atoms with Gasteiger partial charge in [-0.2, -0.15) is 0 Å². The van der Waals surface area contributed by atoms with Crippen LogP contribution in [0.2, 0.25) is 0 Å². The first-order valence-corrected chi connectivity index (χ1v) is 6.13. The molecule has 1 saturated carbocycles. The third-order valence-corrected chi connectivity index (χ3v) is 3.98. The summed E-state index contributed by atoms with van der Waals surface area (Å²) in [6.07, 6.45) is 7.09. The first-order chi connectivity index (χ1) is 6.61. The molecule has 1 aliphatic carbocycles. The molecule has 2 aliphatic rings. The highest BCUT2D eigenvalue weighted by molar-refractivity contribution is 4.99. The summed E-state index contributed by atoms with van der Waals surface area (Å²) in [5.41, 5.74) is 6.15. The van der Waals surface area contributed by atoms with E-state index in [2.05, 4.69) is 18.7 Å². The van der Waals surface area contributed by atoms with Gasteiger partial charge >= 0.3 is 0 Å². The Hall–Kier alpha value is -0.0800. The summed E-state index contributed by atoms with van der Waals surface area (Å²) in [6, 6.07) is 0.852. The van der Waals surface area contributed by atoms with Crippen molar-refractivity contribution >= 4 is 0 Å². The van der Waals surface area contributed by atoms with E-state index in [9.17, 15) is 0 Å². The molecule has 0 aromatic heterocycles. The van der Waals surface area contributed by atoms with Crippen molar-refractivity contribution in [1.82, 2.24) is 4.90 Å². The Morgan fingerprint density at radius 1 is 1.36 bits per heavy atom. The van der Waals surface area contributed by atoms with E-state index in [1.54, 1.807) is 0 Å². The summed E-state index contributed by atoms with van der Waals surface area (Å²) in [5, 5.41) is 0. The highest BCUT2D eigenvalue weighted by Crippen LogP contribution is 2.33. The van der Waals surface area contributed by atoms with Crippen LogP contribution in [0.4, 0.5) is 0 Å². The van der Waals surface area contributed by atoms with Gasteiger partial charge in [0.15, 0.2) is 0 Å². The Morgan fingerprint density at radius 3 is 2.64 bits per heavy atom. The molecule has 0 amide bonds. The van der Waals surface area contributed by atoms with Crippen LogP contribution in [0.15, 0.2) is 0 Å². The zero-order valence-electron chi connectivity index (χ0n) is 9.63. The van der Waals surface area contributed by atoms with Crippen molar-refractivity contribution in [1.29, 1.82) is 0 Å². The van der Waals surface area contributed by atoms with Gasteiger partial charge in [0.1, 0.15) is 0 Å². The second-order valence-corrected chi connectivity index (χ2v) is 5.65. The number of nitrogens with two attached hydrogens (primary N) is 1. The lowest BCUT2D eigenvalue weighted by molar-refractivity contribution is 0.0136. The van der Waals surface area contributed by atoms with E-state index in [4.69, 9.17) is 5.73 Å². The zero-order chi connectivity index (χ0) is 10.2. The van der Waals surface area contributed by atoms with Gasteiger partial charge in [0.05, 0.1) is 0 Å². The van der Waals surface area contributed by atoms with Crippen LogP contribution in [-0.2, 0) is 0 Å². The molecular formula is C12H24N2. The molecular weight excluding hydrogens is 172 g/mol. The standard InChI is InChI=1S/C12H24N2/c1-3-10-5-4-6-11(7-10)14-8-12(2,13)9-14/h10-11H,3-9,13H2,1-2H3. The molecule has 14 heavy (non-hydrogen) atoms. The van der Waals surface area contributed by atoms with Crippen LogP contribution in [0.25, 0.3) is 0 Å². The molecule has 1 heterocycles. The SMILES string of the molecule is CCC1CCCC(N2CC(C)(N)C2)C1. The molecule has 2 atom stereocenters. The van der Waals surface area contributed by atoms with E-state index in [0.29, 0.717) is 0 Å². The number of hydrogen-bond acceptors (Lipinski definition) is 2. The molecule has 2 fully saturated rings. The minimum atomic E-state index is 0.110. The van der Waals surface area contributed by atoms with Crippen molar-refractivity contribution in [2.75, 3.05) is 13.1 Å². The Bertz CT molecular complexity index is 192. The molecule has 2 N–H and O–H groups in total. The molecule has 2 unspecified atom stereocenters. The minimum Gasteiger partial charge on any atom is -0.323 e. The van der Waals surface area contributed by atoms with Crippen molar-refractivity contribution in [2.45, 2.75) is 57.5 Å². The fourth-order valence-corrected chi connectivity index (χ4v) is 3.10. The van der Waals surface area contributed by atoms with Crippen LogP contribution >= 0.6 is 0 Å². The number of rotatable bonds is 2. The van der Waals surface area contributed by atoms with Gasteiger partial charge in [0.2, 0.25) is 0 Å². The van der Waals surface area contributed by atoms with Crippen molar-refractivity contribution < 1.29 is 0 Å². The maximum Gasteiger partial charge on any atom is 0.0384 e. The van der Waals surface area contributed by atoms with E-state index < -0.39 is 0 Å². The summed E-state index contributed by atoms with van der Waals surface area (Å²) < 4.78 is 0. The summed E-state index contributed by atoms with van der Waals surface area (Å²) in [4.78, 5) is 2.60. The molecule has 0 aromatic rings. The van der Waals surface area contributed by atoms with E-state index in [1.165, 1.54) is 32.1 Å². The topological polar surface area (TPSA) is 29.3 Å². The second kappa shape index (κ2) is 3.82. The Kier molecular flexibility index (Phi) is 2.85. The maximum absolute atomic E-state index is 6.04. The summed E-state index contributed by atoms with van der Waals surface area (Å²) in [6.45, 7) is 6.74. The van der Waals surface area contributed by atoms with E-state index in [0.717, 1.165) is 25.0 Å². The fourth-order valence-electron chi connectivity index (χ4n) is 3.10. The van der Waals surface area contributed by atoms with Crippen molar-refractivity contribution in [2.24, 2.45) is 11.7 Å². The normalized spacial score (nSPS) is 37.9. The maximum atomic E-state index is 6.04. The smallest absolute Gasteiger partial charge is 0.0384 e. The van der Waals surface area contributed by atoms with Gasteiger partial charge in [-0.3, -0.25) is 4.90 Å². The average molecular weight is 196 g/mol. The average Bonchev–Trinajstić information content (AvgIpc) is 2.14. The highest BCUT2D eigenvalue weighted by atomic mass is 15.3. The predicted molar refractivity (Wildman–Crippen MR) is 60.2 cm³/mol. The Labute approximate surface area is 87.8 Å². The monoisotopic (exact) mass is 196 g/mol. The van der Waals surface area contributed by atoms with Gasteiger partial charge in [-0.25, -0.2) is 0 Å². The van der Waals surface area contributed by atoms with Crippen LogP contribution in [0.5, 0.6) is 0 Å². The first kappa shape index (κ1) is 10.4. The number of hydrogen-bond donors (Lipinski definition) is 1. The Balaban J connectivity index is 1.81. The minimum absolute atomic E-state index is 0.110. The van der Waals surface area contributed by atoms with E-state index >= 15 is 0 Å². The lowest BCUT2D eigenvalue weighted by Crippen LogP contribution is -2.68. The number of nitrogens with zero attached hydrogens (tertiary/aromatic N) is 1. The zero-order valence-corrected chi connectivity index (χ0v) is 9.63. The first-order valence-electron chi connectivity index (χ1n) is 6.13. The molecule has 1 aliphatic heterocycles. The van der Waals surface area contributed by atoms with Crippen molar-refractivity contribution in [3.8, 4) is 0 Å². The third kappa shape index (κ3) is 2.12. The number of likely N-dealkylation sites (tertiary alicyclic amines) is 1. The van der Waals surface area contributed by atoms with Crippen LogP contribution in [0.3, 0.4) is 0 Å². The predicted octanol–water partition coefficient (Wildman–Crippen LogP) is 1.99. The lowest BCUT2D eigenvalue weighted by atomic mass is 9.80. The lowest BCUT2D eigenvalue weighted by Gasteiger charge is -2.51. The largest absolute Gasteiger partial charge is 0.323 e. The van der Waals surface area contributed by atoms with E-state index in [1.807, 2.05) is 0 Å². The second-order valence-electron chi connectivity index (χ2n) is 5.65. The van der Waals surface area contributed by atoms with Crippen LogP contribution in [0, 0.1) is 5.92 Å². The van der Waals surface area contributed by atoms with Crippen LogP contribution in [-0.4, -0.2) is 29.6 Å². The third-order valence-electron chi connectivity index (χ3n) is 3.98. The molecule has 0 spiro atoms. The molecule has 0 bridgehead atoms. The molecule has 82 valence electrons. The van der Waals surface area contributed by atoms with Gasteiger partial charge in [0, 0.05) is 24.7 Å². The van der Waals surface area contributed by atoms with Gasteiger partial charge in [-0.15, -0.1) is 0 Å². The van der Waals surface area contributed by atoms with Crippen molar-refractivity contribution in [3.63, 3.8) is 0 Å². The van der Waals surface area contributed by atoms with Gasteiger partial charge in [0.25, 0.3) is 0 Å². The molecule has 2 heteroatoms. The highest BCUT2D eigenvalue weighted by Gasteiger charge is 2.39. The fraction of sp³-hybridized carbons (Fsp3) is 1.00. The molecule has 1 saturated heterocycles. The van der Waals surface area contributed by atoms with E-state index in [-0.39, 0.29) is 5.54 Å². The summed E-state index contributed by atoms with van der Waals surface area (Å²) in [7, 11) is 0. The molecule has 2 rings (SSSR count). The molecule has 0 aromatic carbocycles.